The third-order valence-electron chi connectivity index (χ3n) is 14.4. The fourth-order valence-corrected chi connectivity index (χ4v) is 9.42. The van der Waals surface area contributed by atoms with Gasteiger partial charge in [-0.15, -0.1) is 0 Å². The van der Waals surface area contributed by atoms with Gasteiger partial charge >= 0.3 is 17.9 Å². The second-order valence-electron chi connectivity index (χ2n) is 22.0. The predicted molar refractivity (Wildman–Crippen MR) is 330 cm³/mol. The van der Waals surface area contributed by atoms with Crippen LogP contribution in [0, 0.1) is 0 Å². The molecule has 6 nitrogen and oxygen atoms in total. The molecule has 0 aliphatic rings. The van der Waals surface area contributed by atoms with E-state index in [4.69, 9.17) is 14.2 Å². The number of unbranched alkanes of at least 4 members (excludes halogenated alkanes) is 37. The van der Waals surface area contributed by atoms with Crippen LogP contribution in [-0.4, -0.2) is 37.2 Å². The predicted octanol–water partition coefficient (Wildman–Crippen LogP) is 22.5. The van der Waals surface area contributed by atoms with Crippen molar-refractivity contribution in [3.05, 3.63) is 72.9 Å². The van der Waals surface area contributed by atoms with Gasteiger partial charge in [-0.05, 0) is 116 Å². The second-order valence-corrected chi connectivity index (χ2v) is 22.0. The average Bonchev–Trinajstić information content (AvgIpc) is 3.42. The summed E-state index contributed by atoms with van der Waals surface area (Å²) in [7, 11) is 0. The monoisotopic (exact) mass is 1060 g/mol. The van der Waals surface area contributed by atoms with Crippen LogP contribution in [0.4, 0.5) is 0 Å². The van der Waals surface area contributed by atoms with Crippen molar-refractivity contribution in [3.63, 3.8) is 0 Å². The number of carbonyl (C=O) groups excluding carboxylic acids is 3. The minimum atomic E-state index is -0.782. The Morgan fingerprint density at radius 3 is 0.776 bits per heavy atom. The van der Waals surface area contributed by atoms with Gasteiger partial charge < -0.3 is 14.2 Å². The van der Waals surface area contributed by atoms with Gasteiger partial charge in [0, 0.05) is 19.3 Å². The van der Waals surface area contributed by atoms with Crippen LogP contribution in [0.1, 0.15) is 335 Å². The Kier molecular flexibility index (Phi) is 61.7. The van der Waals surface area contributed by atoms with E-state index in [0.717, 1.165) is 83.5 Å². The Morgan fingerprint density at radius 1 is 0.263 bits per heavy atom. The number of hydrogen-bond donors (Lipinski definition) is 0. The summed E-state index contributed by atoms with van der Waals surface area (Å²) in [4.78, 5) is 38.3. The molecule has 0 aromatic heterocycles. The largest absolute Gasteiger partial charge is 0.462 e. The number of hydrogen-bond acceptors (Lipinski definition) is 6. The summed E-state index contributed by atoms with van der Waals surface area (Å²) in [5, 5.41) is 0. The first-order chi connectivity index (χ1) is 37.5. The van der Waals surface area contributed by atoms with Gasteiger partial charge in [-0.2, -0.15) is 0 Å². The Labute approximate surface area is 472 Å². The zero-order valence-corrected chi connectivity index (χ0v) is 50.5. The zero-order chi connectivity index (χ0) is 55.0. The minimum absolute atomic E-state index is 0.0789. The number of ether oxygens (including phenoxy) is 3. The fraction of sp³-hybridized carbons (Fsp3) is 0.786. The first kappa shape index (κ1) is 72.8. The maximum atomic E-state index is 12.9. The number of esters is 3. The molecule has 0 rings (SSSR count). The van der Waals surface area contributed by atoms with Crippen molar-refractivity contribution in [2.24, 2.45) is 0 Å². The van der Waals surface area contributed by atoms with Crippen molar-refractivity contribution >= 4 is 17.9 Å². The first-order valence-corrected chi connectivity index (χ1v) is 32.9. The average molecular weight is 1060 g/mol. The number of carbonyl (C=O) groups is 3. The van der Waals surface area contributed by atoms with Gasteiger partial charge in [-0.1, -0.05) is 273 Å². The third-order valence-corrected chi connectivity index (χ3v) is 14.4. The highest BCUT2D eigenvalue weighted by atomic mass is 16.6. The van der Waals surface area contributed by atoms with E-state index < -0.39 is 6.10 Å². The number of allylic oxidation sites excluding steroid dienone is 12. The lowest BCUT2D eigenvalue weighted by Gasteiger charge is -2.18. The Bertz CT molecular complexity index is 1400. The van der Waals surface area contributed by atoms with E-state index >= 15 is 0 Å². The summed E-state index contributed by atoms with van der Waals surface area (Å²) in [6, 6.07) is 0. The minimum Gasteiger partial charge on any atom is -0.462 e. The van der Waals surface area contributed by atoms with Gasteiger partial charge in [-0.3, -0.25) is 14.4 Å². The zero-order valence-electron chi connectivity index (χ0n) is 50.5. The molecule has 0 aromatic rings. The van der Waals surface area contributed by atoms with Crippen LogP contribution < -0.4 is 0 Å². The van der Waals surface area contributed by atoms with Crippen molar-refractivity contribution in [3.8, 4) is 0 Å². The molecule has 1 unspecified atom stereocenters. The molecule has 76 heavy (non-hydrogen) atoms. The maximum Gasteiger partial charge on any atom is 0.306 e. The molecular weight excluding hydrogens is 937 g/mol. The van der Waals surface area contributed by atoms with Crippen LogP contribution in [0.15, 0.2) is 72.9 Å². The molecule has 0 saturated carbocycles. The van der Waals surface area contributed by atoms with Crippen molar-refractivity contribution in [2.75, 3.05) is 13.2 Å². The van der Waals surface area contributed by atoms with Crippen LogP contribution in [0.25, 0.3) is 0 Å². The van der Waals surface area contributed by atoms with E-state index in [1.165, 1.54) is 212 Å². The summed E-state index contributed by atoms with van der Waals surface area (Å²) in [6.45, 7) is 6.60. The summed E-state index contributed by atoms with van der Waals surface area (Å²) in [5.74, 6) is -0.880. The van der Waals surface area contributed by atoms with Crippen LogP contribution in [0.5, 0.6) is 0 Å². The fourth-order valence-electron chi connectivity index (χ4n) is 9.42. The lowest BCUT2D eigenvalue weighted by atomic mass is 10.0. The van der Waals surface area contributed by atoms with E-state index in [-0.39, 0.29) is 31.1 Å². The Hall–Kier alpha value is -3.15. The standard InChI is InChI=1S/C70H124O6/c1-4-7-10-13-16-19-22-25-27-29-31-32-33-34-35-36-37-38-40-41-43-45-48-51-54-57-60-63-69(72)75-66-67(65-74-68(71)62-59-56-53-50-47-24-21-18-15-12-9-6-3)76-70(73)64-61-58-55-52-49-46-44-42-39-30-28-26-23-20-17-14-11-8-5-2/h17-18,20-22,25-26,28-29,31,33-34,67H,4-16,19,23-24,27,30,32,35-66H2,1-3H3/b20-17-,21-18-,25-22-,28-26-,31-29-,34-33-. The topological polar surface area (TPSA) is 78.9 Å². The maximum absolute atomic E-state index is 12.9. The molecule has 1 atom stereocenters. The molecule has 440 valence electrons. The van der Waals surface area contributed by atoms with Crippen LogP contribution in [0.3, 0.4) is 0 Å². The summed E-state index contributed by atoms with van der Waals surface area (Å²) in [5.41, 5.74) is 0. The van der Waals surface area contributed by atoms with Gasteiger partial charge in [0.05, 0.1) is 0 Å². The molecule has 0 spiro atoms. The van der Waals surface area contributed by atoms with Crippen molar-refractivity contribution < 1.29 is 28.6 Å². The lowest BCUT2D eigenvalue weighted by molar-refractivity contribution is -0.167. The van der Waals surface area contributed by atoms with Gasteiger partial charge in [0.1, 0.15) is 13.2 Å². The molecule has 0 aliphatic carbocycles. The summed E-state index contributed by atoms with van der Waals surface area (Å²) >= 11 is 0. The van der Waals surface area contributed by atoms with Crippen molar-refractivity contribution in [2.45, 2.75) is 341 Å². The van der Waals surface area contributed by atoms with E-state index in [9.17, 15) is 14.4 Å². The molecule has 0 bridgehead atoms. The smallest absolute Gasteiger partial charge is 0.306 e. The highest BCUT2D eigenvalue weighted by Crippen LogP contribution is 2.16. The number of rotatable bonds is 60. The van der Waals surface area contributed by atoms with Crippen molar-refractivity contribution in [1.82, 2.24) is 0 Å². The van der Waals surface area contributed by atoms with Crippen LogP contribution >= 0.6 is 0 Å². The van der Waals surface area contributed by atoms with Gasteiger partial charge in [0.15, 0.2) is 6.10 Å². The van der Waals surface area contributed by atoms with Crippen LogP contribution in [-0.2, 0) is 28.6 Å². The Morgan fingerprint density at radius 2 is 0.474 bits per heavy atom. The third kappa shape index (κ3) is 61.7. The molecule has 0 aromatic carbocycles. The highest BCUT2D eigenvalue weighted by Gasteiger charge is 2.19. The highest BCUT2D eigenvalue weighted by molar-refractivity contribution is 5.71. The molecule has 0 aliphatic heterocycles. The SMILES string of the molecule is CCCCC/C=C\C/C=C\CCCCCCCCCCCC(=O)OC(COC(=O)CCCCCCC/C=C\CCCCC)COC(=O)CCCCCCCCCCCCCC/C=C\C/C=C\C/C=C\CCCCCCC. The first-order valence-electron chi connectivity index (χ1n) is 32.9. The van der Waals surface area contributed by atoms with Gasteiger partial charge in [-0.25, -0.2) is 0 Å². The van der Waals surface area contributed by atoms with Gasteiger partial charge in [0.2, 0.25) is 0 Å². The van der Waals surface area contributed by atoms with Crippen molar-refractivity contribution in [1.29, 1.82) is 0 Å². The molecule has 6 heteroatoms. The van der Waals surface area contributed by atoms with E-state index in [2.05, 4.69) is 93.7 Å². The molecule has 0 radical (unpaired) electrons. The molecule has 0 fully saturated rings. The molecule has 0 amide bonds. The van der Waals surface area contributed by atoms with E-state index in [1.807, 2.05) is 0 Å². The normalized spacial score (nSPS) is 12.5. The molecule has 0 heterocycles. The van der Waals surface area contributed by atoms with Crippen LogP contribution in [0.2, 0.25) is 0 Å². The van der Waals surface area contributed by atoms with E-state index in [1.54, 1.807) is 0 Å². The quantitative estimate of drug-likeness (QED) is 0.0261. The lowest BCUT2D eigenvalue weighted by Crippen LogP contribution is -2.30. The van der Waals surface area contributed by atoms with E-state index in [0.29, 0.717) is 19.3 Å². The summed E-state index contributed by atoms with van der Waals surface area (Å²) < 4.78 is 16.9. The van der Waals surface area contributed by atoms with Gasteiger partial charge in [0.25, 0.3) is 0 Å². The Balaban J connectivity index is 4.26. The molecular formula is C70H124O6. The molecule has 0 saturated heterocycles. The molecule has 0 N–H and O–H groups in total. The summed E-state index contributed by atoms with van der Waals surface area (Å²) in [6.07, 6.45) is 83.4. The second kappa shape index (κ2) is 64.4.